The highest BCUT2D eigenvalue weighted by Crippen LogP contribution is 2.37. The van der Waals surface area contributed by atoms with Crippen LogP contribution in [-0.4, -0.2) is 19.1 Å². The number of Topliss-reactive ketones (excluding diaryl/α,β-unsaturated/α-hetero) is 1. The Balaban J connectivity index is 2.47. The summed E-state index contributed by atoms with van der Waals surface area (Å²) < 4.78 is 10.5. The fourth-order valence-electron chi connectivity index (χ4n) is 1.57. The Bertz CT molecular complexity index is 401. The van der Waals surface area contributed by atoms with E-state index >= 15 is 0 Å². The lowest BCUT2D eigenvalue weighted by Gasteiger charge is -2.09. The van der Waals surface area contributed by atoms with E-state index in [0.717, 1.165) is 12.2 Å². The zero-order valence-corrected chi connectivity index (χ0v) is 8.79. The van der Waals surface area contributed by atoms with Gasteiger partial charge in [-0.2, -0.15) is 0 Å². The van der Waals surface area contributed by atoms with Crippen LogP contribution in [0, 0.1) is 0 Å². The van der Waals surface area contributed by atoms with Crippen molar-refractivity contribution in [3.63, 3.8) is 0 Å². The van der Waals surface area contributed by atoms with E-state index in [1.54, 1.807) is 13.0 Å². The molecule has 1 aliphatic rings. The minimum absolute atomic E-state index is 0.0178. The summed E-state index contributed by atoms with van der Waals surface area (Å²) in [5, 5.41) is 3.13. The maximum absolute atomic E-state index is 11.4. The Labute approximate surface area is 88.2 Å². The minimum Gasteiger partial charge on any atom is -0.454 e. The third kappa shape index (κ3) is 1.75. The van der Waals surface area contributed by atoms with Gasteiger partial charge in [0.15, 0.2) is 17.3 Å². The number of anilines is 1. The Hall–Kier alpha value is -1.71. The molecule has 1 aliphatic heterocycles. The van der Waals surface area contributed by atoms with Gasteiger partial charge in [-0.3, -0.25) is 4.79 Å². The van der Waals surface area contributed by atoms with E-state index in [0.29, 0.717) is 17.1 Å². The zero-order chi connectivity index (χ0) is 10.8. The summed E-state index contributed by atoms with van der Waals surface area (Å²) in [6, 6.07) is 3.53. The van der Waals surface area contributed by atoms with Crippen LogP contribution >= 0.6 is 0 Å². The van der Waals surface area contributed by atoms with Crippen molar-refractivity contribution < 1.29 is 14.3 Å². The van der Waals surface area contributed by atoms with Crippen molar-refractivity contribution in [2.24, 2.45) is 0 Å². The number of benzene rings is 1. The molecule has 4 heteroatoms. The fourth-order valence-corrected chi connectivity index (χ4v) is 1.57. The Kier molecular flexibility index (Phi) is 2.49. The van der Waals surface area contributed by atoms with E-state index in [4.69, 9.17) is 9.47 Å². The van der Waals surface area contributed by atoms with Crippen LogP contribution in [0.5, 0.6) is 11.5 Å². The van der Waals surface area contributed by atoms with Gasteiger partial charge in [0.1, 0.15) is 0 Å². The molecule has 0 radical (unpaired) electrons. The Morgan fingerprint density at radius 1 is 1.40 bits per heavy atom. The van der Waals surface area contributed by atoms with Crippen molar-refractivity contribution in [1.29, 1.82) is 0 Å². The number of rotatable bonds is 3. The molecule has 1 heterocycles. The molecule has 0 spiro atoms. The normalized spacial score (nSPS) is 12.7. The highest BCUT2D eigenvalue weighted by molar-refractivity contribution is 6.00. The highest BCUT2D eigenvalue weighted by Gasteiger charge is 2.18. The molecule has 0 amide bonds. The summed E-state index contributed by atoms with van der Waals surface area (Å²) in [7, 11) is 0. The molecule has 4 nitrogen and oxygen atoms in total. The van der Waals surface area contributed by atoms with Crippen LogP contribution in [0.2, 0.25) is 0 Å². The van der Waals surface area contributed by atoms with Gasteiger partial charge in [-0.25, -0.2) is 0 Å². The van der Waals surface area contributed by atoms with Crippen LogP contribution in [-0.2, 0) is 0 Å². The van der Waals surface area contributed by atoms with E-state index in [-0.39, 0.29) is 12.6 Å². The molecule has 0 bridgehead atoms. The lowest BCUT2D eigenvalue weighted by molar-refractivity contribution is 0.101. The predicted molar refractivity (Wildman–Crippen MR) is 56.7 cm³/mol. The van der Waals surface area contributed by atoms with Gasteiger partial charge in [0, 0.05) is 23.9 Å². The summed E-state index contributed by atoms with van der Waals surface area (Å²) in [5.41, 5.74) is 1.44. The van der Waals surface area contributed by atoms with Crippen LogP contribution in [0.4, 0.5) is 5.69 Å². The molecule has 0 saturated carbocycles. The summed E-state index contributed by atoms with van der Waals surface area (Å²) in [6.07, 6.45) is 0. The van der Waals surface area contributed by atoms with E-state index in [9.17, 15) is 4.79 Å². The second-order valence-electron chi connectivity index (χ2n) is 3.34. The first-order valence-corrected chi connectivity index (χ1v) is 4.91. The third-order valence-electron chi connectivity index (χ3n) is 2.26. The number of ether oxygens (including phenoxy) is 2. The van der Waals surface area contributed by atoms with Gasteiger partial charge in [0.05, 0.1) is 0 Å². The predicted octanol–water partition coefficient (Wildman–Crippen LogP) is 2.05. The first-order valence-electron chi connectivity index (χ1n) is 4.91. The maximum atomic E-state index is 11.4. The summed E-state index contributed by atoms with van der Waals surface area (Å²) in [4.78, 5) is 11.4. The van der Waals surface area contributed by atoms with Gasteiger partial charge in [-0.1, -0.05) is 0 Å². The number of hydrogen-bond donors (Lipinski definition) is 1. The highest BCUT2D eigenvalue weighted by atomic mass is 16.7. The molecule has 1 aromatic carbocycles. The SMILES string of the molecule is CCNc1cc2c(cc1C(C)=O)OCO2. The minimum atomic E-state index is 0.0178. The average molecular weight is 207 g/mol. The largest absolute Gasteiger partial charge is 0.454 e. The molecule has 0 fully saturated rings. The molecule has 80 valence electrons. The fraction of sp³-hybridized carbons (Fsp3) is 0.364. The van der Waals surface area contributed by atoms with Gasteiger partial charge >= 0.3 is 0 Å². The molecule has 0 saturated heterocycles. The third-order valence-corrected chi connectivity index (χ3v) is 2.26. The van der Waals surface area contributed by atoms with Crippen LogP contribution in [0.15, 0.2) is 12.1 Å². The lowest BCUT2D eigenvalue weighted by atomic mass is 10.1. The van der Waals surface area contributed by atoms with Crippen LogP contribution in [0.25, 0.3) is 0 Å². The molecule has 0 aliphatic carbocycles. The van der Waals surface area contributed by atoms with Crippen molar-refractivity contribution in [2.45, 2.75) is 13.8 Å². The van der Waals surface area contributed by atoms with Gasteiger partial charge in [0.2, 0.25) is 6.79 Å². The average Bonchev–Trinajstić information content (AvgIpc) is 2.63. The summed E-state index contributed by atoms with van der Waals surface area (Å²) in [5.74, 6) is 1.35. The molecule has 2 rings (SSSR count). The number of fused-ring (bicyclic) bond motifs is 1. The van der Waals surface area contributed by atoms with E-state index in [2.05, 4.69) is 5.32 Å². The van der Waals surface area contributed by atoms with Crippen molar-refractivity contribution in [1.82, 2.24) is 0 Å². The molecule has 0 aromatic heterocycles. The number of nitrogens with one attached hydrogen (secondary N) is 1. The zero-order valence-electron chi connectivity index (χ0n) is 8.79. The van der Waals surface area contributed by atoms with Crippen molar-refractivity contribution in [3.8, 4) is 11.5 Å². The lowest BCUT2D eigenvalue weighted by Crippen LogP contribution is -2.03. The number of carbonyl (C=O) groups is 1. The topological polar surface area (TPSA) is 47.6 Å². The van der Waals surface area contributed by atoms with Crippen LogP contribution < -0.4 is 14.8 Å². The van der Waals surface area contributed by atoms with Gasteiger partial charge in [0.25, 0.3) is 0 Å². The van der Waals surface area contributed by atoms with E-state index < -0.39 is 0 Å². The molecule has 0 atom stereocenters. The molecule has 1 N–H and O–H groups in total. The molecule has 0 unspecified atom stereocenters. The first-order chi connectivity index (χ1) is 7.22. The van der Waals surface area contributed by atoms with Gasteiger partial charge in [-0.05, 0) is 19.9 Å². The number of ketones is 1. The molecular weight excluding hydrogens is 194 g/mol. The smallest absolute Gasteiger partial charge is 0.231 e. The molecule has 15 heavy (non-hydrogen) atoms. The second kappa shape index (κ2) is 3.81. The van der Waals surface area contributed by atoms with Crippen LogP contribution in [0.3, 0.4) is 0 Å². The number of carbonyl (C=O) groups excluding carboxylic acids is 1. The summed E-state index contributed by atoms with van der Waals surface area (Å²) >= 11 is 0. The Morgan fingerprint density at radius 3 is 2.67 bits per heavy atom. The standard InChI is InChI=1S/C11H13NO3/c1-3-12-9-5-11-10(14-6-15-11)4-8(9)7(2)13/h4-5,12H,3,6H2,1-2H3. The first kappa shape index (κ1) is 9.83. The summed E-state index contributed by atoms with van der Waals surface area (Å²) in [6.45, 7) is 4.51. The quantitative estimate of drug-likeness (QED) is 0.770. The molecular formula is C11H13NO3. The maximum Gasteiger partial charge on any atom is 0.231 e. The monoisotopic (exact) mass is 207 g/mol. The second-order valence-corrected chi connectivity index (χ2v) is 3.34. The Morgan fingerprint density at radius 2 is 2.07 bits per heavy atom. The van der Waals surface area contributed by atoms with E-state index in [1.807, 2.05) is 13.0 Å². The van der Waals surface area contributed by atoms with Crippen molar-refractivity contribution in [2.75, 3.05) is 18.7 Å². The van der Waals surface area contributed by atoms with Crippen LogP contribution in [0.1, 0.15) is 24.2 Å². The number of hydrogen-bond acceptors (Lipinski definition) is 4. The van der Waals surface area contributed by atoms with Gasteiger partial charge in [-0.15, -0.1) is 0 Å². The van der Waals surface area contributed by atoms with Gasteiger partial charge < -0.3 is 14.8 Å². The molecule has 1 aromatic rings. The van der Waals surface area contributed by atoms with Crippen molar-refractivity contribution in [3.05, 3.63) is 17.7 Å². The van der Waals surface area contributed by atoms with E-state index in [1.165, 1.54) is 0 Å². The van der Waals surface area contributed by atoms with Crippen molar-refractivity contribution >= 4 is 11.5 Å².